The smallest absolute Gasteiger partial charge is 0.132 e. The van der Waals surface area contributed by atoms with Crippen molar-refractivity contribution in [1.29, 1.82) is 0 Å². The molecule has 0 radical (unpaired) electrons. The van der Waals surface area contributed by atoms with E-state index in [9.17, 15) is 9.50 Å². The molecule has 1 atom stereocenters. The summed E-state index contributed by atoms with van der Waals surface area (Å²) in [5.41, 5.74) is 1.37. The molecular formula is C14H12ClFO. The third kappa shape index (κ3) is 2.48. The lowest BCUT2D eigenvalue weighted by atomic mass is 9.99. The summed E-state index contributed by atoms with van der Waals surface area (Å²) in [7, 11) is 0. The molecule has 2 rings (SSSR count). The second-order valence-corrected chi connectivity index (χ2v) is 4.37. The molecule has 88 valence electrons. The summed E-state index contributed by atoms with van der Waals surface area (Å²) in [5.74, 6) is -0.375. The Balaban J connectivity index is 2.44. The van der Waals surface area contributed by atoms with Gasteiger partial charge in [0.2, 0.25) is 0 Å². The highest BCUT2D eigenvalue weighted by atomic mass is 35.5. The van der Waals surface area contributed by atoms with E-state index in [1.807, 2.05) is 0 Å². The quantitative estimate of drug-likeness (QED) is 0.858. The van der Waals surface area contributed by atoms with Gasteiger partial charge in [-0.15, -0.1) is 0 Å². The van der Waals surface area contributed by atoms with Crippen molar-refractivity contribution in [3.8, 4) is 0 Å². The normalized spacial score (nSPS) is 12.5. The van der Waals surface area contributed by atoms with Gasteiger partial charge in [0, 0.05) is 10.6 Å². The van der Waals surface area contributed by atoms with Gasteiger partial charge < -0.3 is 5.11 Å². The highest BCUT2D eigenvalue weighted by Crippen LogP contribution is 2.27. The van der Waals surface area contributed by atoms with Crippen molar-refractivity contribution in [2.75, 3.05) is 0 Å². The molecule has 1 N–H and O–H groups in total. The lowest BCUT2D eigenvalue weighted by Crippen LogP contribution is -2.03. The molecule has 0 heterocycles. The number of halogens is 2. The lowest BCUT2D eigenvalue weighted by molar-refractivity contribution is 0.214. The van der Waals surface area contributed by atoms with Crippen molar-refractivity contribution >= 4 is 11.6 Å². The standard InChI is InChI=1S/C14H12ClFO/c1-9-4-2-7-12(13(9)16)14(17)10-5-3-6-11(15)8-10/h2-8,14,17H,1H3. The second kappa shape index (κ2) is 4.86. The van der Waals surface area contributed by atoms with Gasteiger partial charge in [0.1, 0.15) is 11.9 Å². The van der Waals surface area contributed by atoms with Crippen LogP contribution in [0, 0.1) is 12.7 Å². The fourth-order valence-corrected chi connectivity index (χ4v) is 1.94. The van der Waals surface area contributed by atoms with Gasteiger partial charge in [-0.3, -0.25) is 0 Å². The molecule has 0 fully saturated rings. The van der Waals surface area contributed by atoms with E-state index in [4.69, 9.17) is 11.6 Å². The third-order valence-corrected chi connectivity index (χ3v) is 2.92. The van der Waals surface area contributed by atoms with E-state index in [1.165, 1.54) is 0 Å². The minimum Gasteiger partial charge on any atom is -0.384 e. The predicted octanol–water partition coefficient (Wildman–Crippen LogP) is 3.87. The Labute approximate surface area is 104 Å². The van der Waals surface area contributed by atoms with Crippen LogP contribution in [0.4, 0.5) is 4.39 Å². The molecule has 0 aliphatic carbocycles. The fourth-order valence-electron chi connectivity index (χ4n) is 1.74. The predicted molar refractivity (Wildman–Crippen MR) is 66.7 cm³/mol. The van der Waals surface area contributed by atoms with Gasteiger partial charge in [-0.1, -0.05) is 41.9 Å². The highest BCUT2D eigenvalue weighted by Gasteiger charge is 2.16. The van der Waals surface area contributed by atoms with Crippen LogP contribution in [0.3, 0.4) is 0 Å². The number of aliphatic hydroxyl groups is 1. The second-order valence-electron chi connectivity index (χ2n) is 3.94. The van der Waals surface area contributed by atoms with Crippen LogP contribution >= 0.6 is 11.6 Å². The van der Waals surface area contributed by atoms with Gasteiger partial charge in [0.15, 0.2) is 0 Å². The van der Waals surface area contributed by atoms with Crippen molar-refractivity contribution in [3.63, 3.8) is 0 Å². The molecule has 2 aromatic carbocycles. The summed E-state index contributed by atoms with van der Waals surface area (Å²) in [6.07, 6.45) is -0.992. The first-order valence-corrected chi connectivity index (χ1v) is 5.66. The first kappa shape index (κ1) is 12.1. The molecule has 17 heavy (non-hydrogen) atoms. The Morgan fingerprint density at radius 2 is 1.88 bits per heavy atom. The molecule has 2 aromatic rings. The molecular weight excluding hydrogens is 239 g/mol. The van der Waals surface area contributed by atoms with E-state index in [0.717, 1.165) is 0 Å². The van der Waals surface area contributed by atoms with Crippen molar-refractivity contribution in [3.05, 3.63) is 70.0 Å². The monoisotopic (exact) mass is 250 g/mol. The van der Waals surface area contributed by atoms with Crippen LogP contribution in [0.25, 0.3) is 0 Å². The van der Waals surface area contributed by atoms with E-state index in [2.05, 4.69) is 0 Å². The molecule has 1 nitrogen and oxygen atoms in total. The summed E-state index contributed by atoms with van der Waals surface area (Å²) in [5, 5.41) is 10.6. The molecule has 1 unspecified atom stereocenters. The van der Waals surface area contributed by atoms with Gasteiger partial charge in [0.25, 0.3) is 0 Å². The maximum atomic E-state index is 13.8. The van der Waals surface area contributed by atoms with Crippen LogP contribution < -0.4 is 0 Å². The Bertz CT molecular complexity index is 539. The van der Waals surface area contributed by atoms with Crippen LogP contribution in [-0.2, 0) is 0 Å². The maximum Gasteiger partial charge on any atom is 0.132 e. The van der Waals surface area contributed by atoms with E-state index < -0.39 is 6.10 Å². The SMILES string of the molecule is Cc1cccc(C(O)c2cccc(Cl)c2)c1F. The summed E-state index contributed by atoms with van der Waals surface area (Å²) >= 11 is 5.84. The van der Waals surface area contributed by atoms with E-state index in [0.29, 0.717) is 16.1 Å². The molecule has 3 heteroatoms. The summed E-state index contributed by atoms with van der Waals surface area (Å²) in [4.78, 5) is 0. The largest absolute Gasteiger partial charge is 0.384 e. The zero-order valence-corrected chi connectivity index (χ0v) is 10.1. The highest BCUT2D eigenvalue weighted by molar-refractivity contribution is 6.30. The molecule has 0 bridgehead atoms. The van der Waals surface area contributed by atoms with Crippen molar-refractivity contribution < 1.29 is 9.50 Å². The Kier molecular flexibility index (Phi) is 3.46. The van der Waals surface area contributed by atoms with E-state index in [-0.39, 0.29) is 11.4 Å². The molecule has 0 aliphatic rings. The Hall–Kier alpha value is -1.38. The van der Waals surface area contributed by atoms with Gasteiger partial charge >= 0.3 is 0 Å². The molecule has 0 aliphatic heterocycles. The van der Waals surface area contributed by atoms with Gasteiger partial charge in [0.05, 0.1) is 0 Å². The van der Waals surface area contributed by atoms with Crippen LogP contribution in [-0.4, -0.2) is 5.11 Å². The summed E-state index contributed by atoms with van der Waals surface area (Å²) in [6, 6.07) is 11.8. The van der Waals surface area contributed by atoms with Gasteiger partial charge in [-0.25, -0.2) is 4.39 Å². The first-order chi connectivity index (χ1) is 8.09. The number of aryl methyl sites for hydroxylation is 1. The van der Waals surface area contributed by atoms with Crippen LogP contribution in [0.15, 0.2) is 42.5 Å². The lowest BCUT2D eigenvalue weighted by Gasteiger charge is -2.13. The maximum absolute atomic E-state index is 13.8. The minimum atomic E-state index is -0.992. The van der Waals surface area contributed by atoms with Gasteiger partial charge in [-0.2, -0.15) is 0 Å². The average molecular weight is 251 g/mol. The number of hydrogen-bond acceptors (Lipinski definition) is 1. The zero-order chi connectivity index (χ0) is 12.4. The van der Waals surface area contributed by atoms with Crippen molar-refractivity contribution in [1.82, 2.24) is 0 Å². The zero-order valence-electron chi connectivity index (χ0n) is 9.32. The summed E-state index contributed by atoms with van der Waals surface area (Å²) < 4.78 is 13.8. The molecule has 0 aromatic heterocycles. The van der Waals surface area contributed by atoms with Gasteiger partial charge in [-0.05, 0) is 30.2 Å². The molecule has 0 saturated heterocycles. The number of rotatable bonds is 2. The van der Waals surface area contributed by atoms with E-state index in [1.54, 1.807) is 49.4 Å². The number of aliphatic hydroxyl groups excluding tert-OH is 1. The Morgan fingerprint density at radius 1 is 1.18 bits per heavy atom. The number of hydrogen-bond donors (Lipinski definition) is 1. The number of benzene rings is 2. The van der Waals surface area contributed by atoms with Crippen molar-refractivity contribution in [2.24, 2.45) is 0 Å². The first-order valence-electron chi connectivity index (χ1n) is 5.28. The van der Waals surface area contributed by atoms with Crippen LogP contribution in [0.5, 0.6) is 0 Å². The fraction of sp³-hybridized carbons (Fsp3) is 0.143. The Morgan fingerprint density at radius 3 is 2.59 bits per heavy atom. The minimum absolute atomic E-state index is 0.271. The third-order valence-electron chi connectivity index (χ3n) is 2.68. The average Bonchev–Trinajstić information content (AvgIpc) is 2.32. The molecule has 0 amide bonds. The van der Waals surface area contributed by atoms with Crippen LogP contribution in [0.1, 0.15) is 22.8 Å². The summed E-state index contributed by atoms with van der Waals surface area (Å²) in [6.45, 7) is 1.67. The van der Waals surface area contributed by atoms with Crippen molar-refractivity contribution in [2.45, 2.75) is 13.0 Å². The molecule has 0 spiro atoms. The molecule has 0 saturated carbocycles. The van der Waals surface area contributed by atoms with Crippen LogP contribution in [0.2, 0.25) is 5.02 Å². The topological polar surface area (TPSA) is 20.2 Å². The van der Waals surface area contributed by atoms with E-state index >= 15 is 0 Å².